The molecule has 4 rings (SSSR count). The molecular formula is C36H51N5O11. The first-order chi connectivity index (χ1) is 25.2. The molecule has 0 unspecified atom stereocenters. The largest absolute Gasteiger partial charge is 0.396 e. The molecular weight excluding hydrogens is 678 g/mol. The first-order valence-electron chi connectivity index (χ1n) is 17.6. The fraction of sp³-hybridized carbons (Fsp3) is 0.611. The second-order valence-electron chi connectivity index (χ2n) is 13.4. The number of hydrogen-bond donors (Lipinski definition) is 8. The number of aliphatic hydroxyl groups excluding tert-OH is 6. The zero-order chi connectivity index (χ0) is 37.5. The molecule has 0 spiro atoms. The predicted octanol–water partition coefficient (Wildman–Crippen LogP) is -0.172. The maximum Gasteiger partial charge on any atom is 0.224 e. The van der Waals surface area contributed by atoms with Gasteiger partial charge in [0, 0.05) is 49.6 Å². The van der Waals surface area contributed by atoms with E-state index in [9.17, 15) is 40.2 Å². The maximum atomic E-state index is 14.0. The molecule has 2 aliphatic rings. The lowest BCUT2D eigenvalue weighted by molar-refractivity contribution is -0.321. The third-order valence-electron chi connectivity index (χ3n) is 9.67. The molecule has 1 saturated heterocycles. The number of azide groups is 1. The minimum atomic E-state index is -1.72. The van der Waals surface area contributed by atoms with Gasteiger partial charge < -0.3 is 55.5 Å². The number of hydrogen-bond acceptors (Lipinski definition) is 12. The van der Waals surface area contributed by atoms with E-state index in [1.807, 2.05) is 60.7 Å². The molecule has 1 saturated carbocycles. The fourth-order valence-electron chi connectivity index (χ4n) is 6.72. The van der Waals surface area contributed by atoms with Crippen LogP contribution in [0.2, 0.25) is 0 Å². The minimum absolute atomic E-state index is 0.0395. The Morgan fingerprint density at radius 1 is 0.808 bits per heavy atom. The molecule has 52 heavy (non-hydrogen) atoms. The Morgan fingerprint density at radius 2 is 1.33 bits per heavy atom. The summed E-state index contributed by atoms with van der Waals surface area (Å²) < 4.78 is 17.7. The number of ether oxygens (including phenoxy) is 3. The van der Waals surface area contributed by atoms with E-state index in [-0.39, 0.29) is 64.1 Å². The van der Waals surface area contributed by atoms with Crippen LogP contribution in [0.15, 0.2) is 65.8 Å². The van der Waals surface area contributed by atoms with E-state index in [0.29, 0.717) is 12.8 Å². The van der Waals surface area contributed by atoms with Crippen molar-refractivity contribution >= 4 is 11.8 Å². The third-order valence-corrected chi connectivity index (χ3v) is 9.67. The topological polar surface area (TPSA) is 256 Å². The molecule has 0 bridgehead atoms. The van der Waals surface area contributed by atoms with E-state index in [4.69, 9.17) is 19.7 Å². The highest BCUT2D eigenvalue weighted by Crippen LogP contribution is 2.36. The van der Waals surface area contributed by atoms with Crippen molar-refractivity contribution in [1.82, 2.24) is 10.6 Å². The number of benzene rings is 2. The molecule has 2 amide bonds. The van der Waals surface area contributed by atoms with Crippen molar-refractivity contribution in [2.75, 3.05) is 46.1 Å². The first kappa shape index (κ1) is 41.1. The van der Waals surface area contributed by atoms with Gasteiger partial charge in [-0.3, -0.25) is 9.59 Å². The number of amides is 2. The van der Waals surface area contributed by atoms with E-state index in [0.717, 1.165) is 11.1 Å². The van der Waals surface area contributed by atoms with Gasteiger partial charge in [0.2, 0.25) is 11.8 Å². The Morgan fingerprint density at radius 3 is 1.81 bits per heavy atom. The molecule has 1 aliphatic carbocycles. The van der Waals surface area contributed by atoms with Crippen molar-refractivity contribution in [1.29, 1.82) is 0 Å². The highest BCUT2D eigenvalue weighted by Gasteiger charge is 2.49. The zero-order valence-corrected chi connectivity index (χ0v) is 29.0. The van der Waals surface area contributed by atoms with Crippen LogP contribution < -0.4 is 10.6 Å². The van der Waals surface area contributed by atoms with Crippen LogP contribution in [0.1, 0.15) is 24.0 Å². The van der Waals surface area contributed by atoms with E-state index in [1.165, 1.54) is 0 Å². The zero-order valence-electron chi connectivity index (χ0n) is 29.0. The summed E-state index contributed by atoms with van der Waals surface area (Å²) in [7, 11) is 0. The van der Waals surface area contributed by atoms with Gasteiger partial charge in [-0.15, -0.1) is 0 Å². The van der Waals surface area contributed by atoms with Crippen LogP contribution in [-0.2, 0) is 36.6 Å². The number of carbonyl (C=O) groups is 2. The van der Waals surface area contributed by atoms with Crippen molar-refractivity contribution in [3.63, 3.8) is 0 Å². The third kappa shape index (κ3) is 11.7. The predicted molar refractivity (Wildman–Crippen MR) is 186 cm³/mol. The van der Waals surface area contributed by atoms with E-state index < -0.39 is 73.2 Å². The number of rotatable bonds is 19. The quantitative estimate of drug-likeness (QED) is 0.0408. The summed E-state index contributed by atoms with van der Waals surface area (Å²) in [5.74, 6) is -3.50. The summed E-state index contributed by atoms with van der Waals surface area (Å²) in [5.41, 5.74) is 10.7. The van der Waals surface area contributed by atoms with E-state index in [2.05, 4.69) is 20.7 Å². The Labute approximate surface area is 302 Å². The number of carbonyl (C=O) groups excluding carboxylic acids is 2. The van der Waals surface area contributed by atoms with E-state index >= 15 is 0 Å². The van der Waals surface area contributed by atoms with Crippen LogP contribution in [-0.4, -0.2) is 131 Å². The van der Waals surface area contributed by atoms with Gasteiger partial charge in [-0.2, -0.15) is 0 Å². The van der Waals surface area contributed by atoms with Gasteiger partial charge >= 0.3 is 0 Å². The van der Waals surface area contributed by atoms with Gasteiger partial charge in [0.25, 0.3) is 0 Å². The lowest BCUT2D eigenvalue weighted by atomic mass is 9.75. The molecule has 8 N–H and O–H groups in total. The van der Waals surface area contributed by atoms with Gasteiger partial charge in [0.15, 0.2) is 6.29 Å². The smallest absolute Gasteiger partial charge is 0.224 e. The molecule has 11 atom stereocenters. The van der Waals surface area contributed by atoms with E-state index in [1.54, 1.807) is 0 Å². The molecule has 2 fully saturated rings. The van der Waals surface area contributed by atoms with Crippen LogP contribution >= 0.6 is 0 Å². The van der Waals surface area contributed by atoms with Gasteiger partial charge in [0.1, 0.15) is 24.4 Å². The van der Waals surface area contributed by atoms with Gasteiger partial charge in [-0.05, 0) is 42.3 Å². The average Bonchev–Trinajstić information content (AvgIpc) is 3.17. The Balaban J connectivity index is 1.55. The van der Waals surface area contributed by atoms with Crippen LogP contribution in [0.3, 0.4) is 0 Å². The monoisotopic (exact) mass is 729 g/mol. The SMILES string of the molecule is [N-]=[N+]=NCCO[C@H]1C[C@H](C(=O)NC[C@@H](CO)Cc2ccccc2)[C@@H](C(=O)NC[C@H](CO)Cc2ccccc2)C[C@@H]1O[C@H]1O[C@H](CO)[C@@H](O)[C@H](O)[C@@H]1O. The molecule has 1 aliphatic heterocycles. The lowest BCUT2D eigenvalue weighted by Crippen LogP contribution is -2.61. The van der Waals surface area contributed by atoms with Crippen molar-refractivity contribution in [2.45, 2.75) is 68.6 Å². The molecule has 2 aromatic carbocycles. The van der Waals surface area contributed by atoms with Crippen molar-refractivity contribution < 1.29 is 54.4 Å². The Hall–Kier alpha value is -3.67. The van der Waals surface area contributed by atoms with Gasteiger partial charge in [-0.1, -0.05) is 65.8 Å². The fourth-order valence-corrected chi connectivity index (χ4v) is 6.72. The van der Waals surface area contributed by atoms with Crippen molar-refractivity contribution in [3.8, 4) is 0 Å². The molecule has 2 aromatic rings. The van der Waals surface area contributed by atoms with Crippen LogP contribution in [0, 0.1) is 23.7 Å². The average molecular weight is 730 g/mol. The van der Waals surface area contributed by atoms with Gasteiger partial charge in [0.05, 0.1) is 37.3 Å². The molecule has 286 valence electrons. The highest BCUT2D eigenvalue weighted by atomic mass is 16.7. The molecule has 0 radical (unpaired) electrons. The van der Waals surface area contributed by atoms with Crippen molar-refractivity contribution in [3.05, 3.63) is 82.2 Å². The molecule has 0 aromatic heterocycles. The second-order valence-corrected chi connectivity index (χ2v) is 13.4. The van der Waals surface area contributed by atoms with Crippen LogP contribution in [0.25, 0.3) is 10.4 Å². The molecule has 16 heteroatoms. The summed E-state index contributed by atoms with van der Waals surface area (Å²) in [6.45, 7) is -0.915. The maximum absolute atomic E-state index is 14.0. The van der Waals surface area contributed by atoms with Crippen molar-refractivity contribution in [2.24, 2.45) is 28.8 Å². The Bertz CT molecular complexity index is 1420. The lowest BCUT2D eigenvalue weighted by Gasteiger charge is -2.44. The number of nitrogens with zero attached hydrogens (tertiary/aromatic N) is 3. The summed E-state index contributed by atoms with van der Waals surface area (Å²) in [6, 6.07) is 19.0. The number of aliphatic hydroxyl groups is 6. The molecule has 1 heterocycles. The molecule has 16 nitrogen and oxygen atoms in total. The highest BCUT2D eigenvalue weighted by molar-refractivity contribution is 5.88. The first-order valence-corrected chi connectivity index (χ1v) is 17.6. The standard InChI is InChI=1S/C36H51N5O11/c37-41-40-11-12-50-28-15-26(34(48)38-17-24(19-42)13-22-7-3-1-4-8-22)27(35(49)39-18-25(20-43)14-23-9-5-2-6-10-23)16-29(28)51-36-33(47)32(46)31(45)30(21-44)52-36/h1-10,24-33,36,42-47H,11-21H2,(H,38,48)(H,39,49)/t24-,25+,26-,27-,28-,29-,30+,31+,32-,33-,36-/m0/s1. The summed E-state index contributed by atoms with van der Waals surface area (Å²) >= 11 is 0. The summed E-state index contributed by atoms with van der Waals surface area (Å²) in [4.78, 5) is 30.6. The van der Waals surface area contributed by atoms with Gasteiger partial charge in [-0.25, -0.2) is 0 Å². The number of nitrogens with one attached hydrogen (secondary N) is 2. The Kier molecular flexibility index (Phi) is 16.7. The van der Waals surface area contributed by atoms with Crippen LogP contribution in [0.5, 0.6) is 0 Å². The second kappa shape index (κ2) is 21.1. The summed E-state index contributed by atoms with van der Waals surface area (Å²) in [5, 5.41) is 70.5. The normalized spacial score (nSPS) is 28.6. The van der Waals surface area contributed by atoms with Crippen LogP contribution in [0.4, 0.5) is 0 Å². The minimum Gasteiger partial charge on any atom is -0.396 e. The summed E-state index contributed by atoms with van der Waals surface area (Å²) in [6.07, 6.45) is -8.87.